The summed E-state index contributed by atoms with van der Waals surface area (Å²) in [6.07, 6.45) is 0. The number of hydrogen-bond acceptors (Lipinski definition) is 7. The Morgan fingerprint density at radius 2 is 2.00 bits per heavy atom. The van der Waals surface area contributed by atoms with Gasteiger partial charge in [0.05, 0.1) is 6.54 Å². The quantitative estimate of drug-likeness (QED) is 0.506. The number of hydrogen-bond donors (Lipinski definition) is 2. The maximum Gasteiger partial charge on any atom is 0.352 e. The normalized spacial score (nSPS) is 20.9. The third-order valence-corrected chi connectivity index (χ3v) is 5.75. The molecule has 28 heavy (non-hydrogen) atoms. The fourth-order valence-corrected chi connectivity index (χ4v) is 4.59. The molecule has 0 aromatic heterocycles. The first-order chi connectivity index (χ1) is 13.4. The van der Waals surface area contributed by atoms with E-state index in [9.17, 15) is 24.3 Å². The second-order valence-corrected chi connectivity index (χ2v) is 7.30. The minimum Gasteiger partial charge on any atom is -0.477 e. The average molecular weight is 405 g/mol. The van der Waals surface area contributed by atoms with E-state index < -0.39 is 35.2 Å². The minimum absolute atomic E-state index is 0.195. The highest BCUT2D eigenvalue weighted by molar-refractivity contribution is 8.00. The lowest BCUT2D eigenvalue weighted by Crippen LogP contribution is -2.72. The molecule has 2 atom stereocenters. The van der Waals surface area contributed by atoms with Gasteiger partial charge in [-0.3, -0.25) is 24.2 Å². The van der Waals surface area contributed by atoms with Gasteiger partial charge >= 0.3 is 11.9 Å². The van der Waals surface area contributed by atoms with Crippen molar-refractivity contribution in [1.29, 1.82) is 0 Å². The molecule has 0 aliphatic carbocycles. The molecule has 1 saturated heterocycles. The second kappa shape index (κ2) is 8.03. The number of carboxylic acids is 1. The third-order valence-electron chi connectivity index (χ3n) is 4.43. The molecule has 0 radical (unpaired) electrons. The zero-order chi connectivity index (χ0) is 20.4. The van der Waals surface area contributed by atoms with Crippen LogP contribution in [0.1, 0.15) is 6.92 Å². The van der Waals surface area contributed by atoms with Crippen LogP contribution in [0, 0.1) is 0 Å². The number of nitrogens with zero attached hydrogens (tertiary/aromatic N) is 2. The predicted octanol–water partition coefficient (Wildman–Crippen LogP) is 0.164. The molecule has 0 saturated carbocycles. The van der Waals surface area contributed by atoms with Gasteiger partial charge in [0.15, 0.2) is 0 Å². The third kappa shape index (κ3) is 3.48. The van der Waals surface area contributed by atoms with Gasteiger partial charge in [0.2, 0.25) is 5.91 Å². The van der Waals surface area contributed by atoms with E-state index in [4.69, 9.17) is 10.5 Å². The number of rotatable bonds is 6. The predicted molar refractivity (Wildman–Crippen MR) is 101 cm³/mol. The number of fused-ring (bicyclic) bond motifs is 1. The van der Waals surface area contributed by atoms with Crippen molar-refractivity contribution in [2.24, 2.45) is 5.73 Å². The number of carboxylic acid groups (broad SMARTS) is 1. The lowest BCUT2D eigenvalue weighted by atomic mass is 10.00. The standard InChI is InChI=1S/C18H19N3O6S/c1-10(22)27-8-11-9-28-17-15(16(24)21(17)14(11)18(25)26)20(13(23)7-19)12-5-3-2-4-6-12/h2-6,15,17H,7-9,19H2,1H3,(H,25,26)/t15-,17-/m1/s1. The van der Waals surface area contributed by atoms with Crippen molar-refractivity contribution in [3.63, 3.8) is 0 Å². The molecule has 0 unspecified atom stereocenters. The molecule has 3 rings (SSSR count). The summed E-state index contributed by atoms with van der Waals surface area (Å²) in [7, 11) is 0. The van der Waals surface area contributed by atoms with Gasteiger partial charge < -0.3 is 15.6 Å². The maximum absolute atomic E-state index is 12.9. The number of anilines is 1. The van der Waals surface area contributed by atoms with Gasteiger partial charge in [-0.25, -0.2) is 4.79 Å². The summed E-state index contributed by atoms with van der Waals surface area (Å²) < 4.78 is 4.91. The number of amides is 2. The number of ether oxygens (including phenoxy) is 1. The first-order valence-corrected chi connectivity index (χ1v) is 9.52. The van der Waals surface area contributed by atoms with Gasteiger partial charge in [0.25, 0.3) is 5.91 Å². The Kier molecular flexibility index (Phi) is 5.71. The molecule has 1 aromatic carbocycles. The van der Waals surface area contributed by atoms with Crippen LogP contribution in [0.5, 0.6) is 0 Å². The van der Waals surface area contributed by atoms with Gasteiger partial charge in [0.1, 0.15) is 23.7 Å². The monoisotopic (exact) mass is 405 g/mol. The molecular weight excluding hydrogens is 386 g/mol. The smallest absolute Gasteiger partial charge is 0.352 e. The van der Waals surface area contributed by atoms with Crippen LogP contribution < -0.4 is 10.6 Å². The van der Waals surface area contributed by atoms with E-state index in [-0.39, 0.29) is 24.6 Å². The van der Waals surface area contributed by atoms with E-state index in [0.717, 1.165) is 4.90 Å². The highest BCUT2D eigenvalue weighted by Gasteiger charge is 2.57. The Balaban J connectivity index is 1.93. The summed E-state index contributed by atoms with van der Waals surface area (Å²) in [6, 6.07) is 7.79. The Hall–Kier alpha value is -2.85. The average Bonchev–Trinajstić information content (AvgIpc) is 2.69. The van der Waals surface area contributed by atoms with Gasteiger partial charge in [-0.15, -0.1) is 11.8 Å². The fourth-order valence-electron chi connectivity index (χ4n) is 3.21. The van der Waals surface area contributed by atoms with Crippen molar-refractivity contribution < 1.29 is 29.0 Å². The highest BCUT2D eigenvalue weighted by Crippen LogP contribution is 2.43. The Bertz CT molecular complexity index is 856. The van der Waals surface area contributed by atoms with Gasteiger partial charge in [-0.2, -0.15) is 0 Å². The van der Waals surface area contributed by atoms with Crippen molar-refractivity contribution in [3.8, 4) is 0 Å². The zero-order valence-electron chi connectivity index (χ0n) is 15.0. The van der Waals surface area contributed by atoms with Crippen LogP contribution in [0.25, 0.3) is 0 Å². The van der Waals surface area contributed by atoms with Crippen LogP contribution >= 0.6 is 11.8 Å². The number of benzene rings is 1. The summed E-state index contributed by atoms with van der Waals surface area (Å²) in [5.41, 5.74) is 6.19. The maximum atomic E-state index is 12.9. The number of thioether (sulfide) groups is 1. The van der Waals surface area contributed by atoms with Crippen molar-refractivity contribution in [3.05, 3.63) is 41.6 Å². The Morgan fingerprint density at radius 3 is 2.57 bits per heavy atom. The van der Waals surface area contributed by atoms with E-state index in [2.05, 4.69) is 0 Å². The summed E-state index contributed by atoms with van der Waals surface area (Å²) in [5, 5.41) is 9.05. The van der Waals surface area contributed by atoms with E-state index in [1.165, 1.54) is 23.6 Å². The number of esters is 1. The number of carbonyl (C=O) groups excluding carboxylic acids is 3. The van der Waals surface area contributed by atoms with Crippen LogP contribution in [0.4, 0.5) is 5.69 Å². The topological polar surface area (TPSA) is 130 Å². The number of carbonyl (C=O) groups is 4. The minimum atomic E-state index is -1.28. The van der Waals surface area contributed by atoms with E-state index in [1.54, 1.807) is 30.3 Å². The molecule has 2 amide bonds. The summed E-state index contributed by atoms with van der Waals surface area (Å²) in [4.78, 5) is 50.7. The largest absolute Gasteiger partial charge is 0.477 e. The van der Waals surface area contributed by atoms with Crippen molar-refractivity contribution in [2.45, 2.75) is 18.3 Å². The van der Waals surface area contributed by atoms with Crippen LogP contribution in [-0.4, -0.2) is 64.1 Å². The Labute approximate surface area is 165 Å². The molecule has 0 bridgehead atoms. The molecule has 3 N–H and O–H groups in total. The summed E-state index contributed by atoms with van der Waals surface area (Å²) in [5.74, 6) is -2.51. The first kappa shape index (κ1) is 19.9. The SMILES string of the molecule is CC(=O)OCC1=C(C(=O)O)N2C(=O)[C@@H](N(C(=O)CN)c3ccccc3)[C@H]2SC1. The molecule has 10 heteroatoms. The van der Waals surface area contributed by atoms with Crippen molar-refractivity contribution in [2.75, 3.05) is 23.8 Å². The lowest BCUT2D eigenvalue weighted by molar-refractivity contribution is -0.149. The summed E-state index contributed by atoms with van der Waals surface area (Å²) >= 11 is 1.31. The van der Waals surface area contributed by atoms with Gasteiger partial charge in [-0.1, -0.05) is 18.2 Å². The molecule has 2 aliphatic rings. The second-order valence-electron chi connectivity index (χ2n) is 6.20. The fraction of sp³-hybridized carbons (Fsp3) is 0.333. The molecule has 9 nitrogen and oxygen atoms in total. The van der Waals surface area contributed by atoms with Crippen LogP contribution in [-0.2, 0) is 23.9 Å². The van der Waals surface area contributed by atoms with Gasteiger partial charge in [0, 0.05) is 23.9 Å². The molecule has 148 valence electrons. The molecule has 2 heterocycles. The van der Waals surface area contributed by atoms with E-state index in [1.807, 2.05) is 0 Å². The Morgan fingerprint density at radius 1 is 1.32 bits per heavy atom. The number of β-lactam (4-membered cyclic amide) rings is 1. The molecule has 0 spiro atoms. The first-order valence-electron chi connectivity index (χ1n) is 8.47. The van der Waals surface area contributed by atoms with Crippen LogP contribution in [0.2, 0.25) is 0 Å². The van der Waals surface area contributed by atoms with Crippen molar-refractivity contribution in [1.82, 2.24) is 4.90 Å². The van der Waals surface area contributed by atoms with Crippen LogP contribution in [0.15, 0.2) is 41.6 Å². The highest BCUT2D eigenvalue weighted by atomic mass is 32.2. The molecular formula is C18H19N3O6S. The zero-order valence-corrected chi connectivity index (χ0v) is 15.8. The van der Waals surface area contributed by atoms with Crippen molar-refractivity contribution >= 4 is 41.2 Å². The van der Waals surface area contributed by atoms with Gasteiger partial charge in [-0.05, 0) is 12.1 Å². The molecule has 1 fully saturated rings. The molecule has 1 aromatic rings. The van der Waals surface area contributed by atoms with Crippen LogP contribution in [0.3, 0.4) is 0 Å². The number of para-hydroxylation sites is 1. The molecule has 2 aliphatic heterocycles. The number of nitrogens with two attached hydrogens (primary N) is 1. The van der Waals surface area contributed by atoms with E-state index in [0.29, 0.717) is 11.3 Å². The summed E-state index contributed by atoms with van der Waals surface area (Å²) in [6.45, 7) is 0.741. The van der Waals surface area contributed by atoms with E-state index >= 15 is 0 Å². The lowest BCUT2D eigenvalue weighted by Gasteiger charge is -2.52. The number of aliphatic carboxylic acids is 1.